The van der Waals surface area contributed by atoms with Crippen molar-refractivity contribution in [3.05, 3.63) is 11.4 Å². The monoisotopic (exact) mass is 181 g/mol. The van der Waals surface area contributed by atoms with Gasteiger partial charge in [-0.3, -0.25) is 10.1 Å². The van der Waals surface area contributed by atoms with Gasteiger partial charge in [0, 0.05) is 19.3 Å². The molecule has 5 nitrogen and oxygen atoms in total. The van der Waals surface area contributed by atoms with Gasteiger partial charge in [-0.05, 0) is 12.8 Å². The van der Waals surface area contributed by atoms with Crippen LogP contribution in [0.1, 0.15) is 12.8 Å². The highest BCUT2D eigenvalue weighted by molar-refractivity contribution is 6.12. The van der Waals surface area contributed by atoms with E-state index in [1.54, 1.807) is 0 Å². The predicted octanol–water partition coefficient (Wildman–Crippen LogP) is -0.237. The molecule has 2 N–H and O–H groups in total. The van der Waals surface area contributed by atoms with Gasteiger partial charge in [-0.25, -0.2) is 4.79 Å². The molecule has 0 aromatic rings. The topological polar surface area (TPSA) is 61.4 Å². The van der Waals surface area contributed by atoms with Gasteiger partial charge in [0.2, 0.25) is 0 Å². The van der Waals surface area contributed by atoms with Crippen LogP contribution in [0.5, 0.6) is 0 Å². The number of nitrogens with zero attached hydrogens (tertiary/aromatic N) is 1. The lowest BCUT2D eigenvalue weighted by Crippen LogP contribution is -2.22. The number of likely N-dealkylation sites (tertiary alicyclic amines) is 1. The van der Waals surface area contributed by atoms with E-state index in [0.29, 0.717) is 5.70 Å². The van der Waals surface area contributed by atoms with Crippen molar-refractivity contribution in [2.45, 2.75) is 12.8 Å². The smallest absolute Gasteiger partial charge is 0.326 e. The minimum Gasteiger partial charge on any atom is -0.376 e. The quantitative estimate of drug-likeness (QED) is 0.400. The summed E-state index contributed by atoms with van der Waals surface area (Å²) in [5.41, 5.74) is 1.35. The van der Waals surface area contributed by atoms with E-state index in [1.807, 2.05) is 11.9 Å². The first-order chi connectivity index (χ1) is 6.18. The molecule has 0 aromatic heterocycles. The molecule has 2 fully saturated rings. The fourth-order valence-corrected chi connectivity index (χ4v) is 1.70. The summed E-state index contributed by atoms with van der Waals surface area (Å²) in [6.07, 6.45) is 1.90. The molecule has 2 saturated heterocycles. The van der Waals surface area contributed by atoms with Crippen molar-refractivity contribution in [1.29, 1.82) is 0 Å². The number of allylic oxidation sites excluding steroid dienone is 1. The van der Waals surface area contributed by atoms with E-state index < -0.39 is 6.03 Å². The van der Waals surface area contributed by atoms with Crippen LogP contribution < -0.4 is 10.6 Å². The van der Waals surface area contributed by atoms with Gasteiger partial charge in [-0.15, -0.1) is 0 Å². The zero-order chi connectivity index (χ0) is 9.42. The fraction of sp³-hybridized carbons (Fsp3) is 0.500. The molecule has 2 aliphatic heterocycles. The molecule has 5 heteroatoms. The van der Waals surface area contributed by atoms with E-state index in [9.17, 15) is 9.59 Å². The van der Waals surface area contributed by atoms with Gasteiger partial charge in [-0.2, -0.15) is 0 Å². The van der Waals surface area contributed by atoms with Crippen LogP contribution in [0.2, 0.25) is 0 Å². The summed E-state index contributed by atoms with van der Waals surface area (Å²) >= 11 is 0. The minimum atomic E-state index is -0.423. The molecule has 0 saturated carbocycles. The predicted molar refractivity (Wildman–Crippen MR) is 45.6 cm³/mol. The number of hydrogen-bond donors (Lipinski definition) is 2. The number of rotatable bonds is 0. The summed E-state index contributed by atoms with van der Waals surface area (Å²) in [6.45, 7) is 0.946. The molecule has 0 unspecified atom stereocenters. The highest BCUT2D eigenvalue weighted by Gasteiger charge is 2.29. The lowest BCUT2D eigenvalue weighted by molar-refractivity contribution is -0.115. The van der Waals surface area contributed by atoms with Crippen molar-refractivity contribution in [2.75, 3.05) is 13.6 Å². The maximum absolute atomic E-state index is 11.2. The Labute approximate surface area is 75.8 Å². The van der Waals surface area contributed by atoms with Crippen LogP contribution in [0.4, 0.5) is 4.79 Å². The van der Waals surface area contributed by atoms with Crippen molar-refractivity contribution in [1.82, 2.24) is 15.5 Å². The van der Waals surface area contributed by atoms with Crippen LogP contribution in [0.15, 0.2) is 11.4 Å². The SMILES string of the molecule is CN1CCC/C1=C1/NC(=O)NC1=O. The van der Waals surface area contributed by atoms with E-state index in [1.165, 1.54) is 0 Å². The maximum Gasteiger partial charge on any atom is 0.326 e. The lowest BCUT2D eigenvalue weighted by atomic mass is 10.2. The molecule has 2 heterocycles. The second-order valence-corrected chi connectivity index (χ2v) is 3.26. The van der Waals surface area contributed by atoms with Crippen LogP contribution in [-0.2, 0) is 4.79 Å². The maximum atomic E-state index is 11.2. The second-order valence-electron chi connectivity index (χ2n) is 3.26. The summed E-state index contributed by atoms with van der Waals surface area (Å²) in [4.78, 5) is 24.1. The molecule has 2 rings (SSSR count). The largest absolute Gasteiger partial charge is 0.376 e. The van der Waals surface area contributed by atoms with Gasteiger partial charge in [0.15, 0.2) is 0 Å². The van der Waals surface area contributed by atoms with Crippen molar-refractivity contribution in [3.8, 4) is 0 Å². The lowest BCUT2D eigenvalue weighted by Gasteiger charge is -2.13. The molecule has 0 radical (unpaired) electrons. The van der Waals surface area contributed by atoms with E-state index >= 15 is 0 Å². The fourth-order valence-electron chi connectivity index (χ4n) is 1.70. The van der Waals surface area contributed by atoms with Crippen molar-refractivity contribution in [3.63, 3.8) is 0 Å². The van der Waals surface area contributed by atoms with Crippen LogP contribution in [0, 0.1) is 0 Å². The van der Waals surface area contributed by atoms with E-state index in [4.69, 9.17) is 0 Å². The Morgan fingerprint density at radius 3 is 2.54 bits per heavy atom. The Hall–Kier alpha value is -1.52. The minimum absolute atomic E-state index is 0.311. The number of urea groups is 1. The zero-order valence-electron chi connectivity index (χ0n) is 7.39. The first-order valence-electron chi connectivity index (χ1n) is 4.25. The van der Waals surface area contributed by atoms with Gasteiger partial charge in [-0.1, -0.05) is 0 Å². The van der Waals surface area contributed by atoms with Gasteiger partial charge < -0.3 is 10.2 Å². The zero-order valence-corrected chi connectivity index (χ0v) is 7.39. The molecule has 13 heavy (non-hydrogen) atoms. The van der Waals surface area contributed by atoms with Crippen LogP contribution >= 0.6 is 0 Å². The molecule has 0 bridgehead atoms. The number of imide groups is 1. The van der Waals surface area contributed by atoms with E-state index in [-0.39, 0.29) is 5.91 Å². The van der Waals surface area contributed by atoms with Gasteiger partial charge in [0.05, 0.1) is 0 Å². The average Bonchev–Trinajstić information content (AvgIpc) is 2.58. The second kappa shape index (κ2) is 2.76. The van der Waals surface area contributed by atoms with Gasteiger partial charge >= 0.3 is 6.03 Å². The highest BCUT2D eigenvalue weighted by Crippen LogP contribution is 2.22. The van der Waals surface area contributed by atoms with Crippen LogP contribution in [-0.4, -0.2) is 30.4 Å². The third-order valence-corrected chi connectivity index (χ3v) is 2.35. The van der Waals surface area contributed by atoms with E-state index in [2.05, 4.69) is 10.6 Å². The number of amides is 3. The third-order valence-electron chi connectivity index (χ3n) is 2.35. The molecule has 2 aliphatic rings. The Balaban J connectivity index is 2.32. The van der Waals surface area contributed by atoms with Crippen molar-refractivity contribution >= 4 is 11.9 Å². The molecular formula is C8H11N3O2. The highest BCUT2D eigenvalue weighted by atomic mass is 16.2. The van der Waals surface area contributed by atoms with Crippen LogP contribution in [0.3, 0.4) is 0 Å². The molecule has 70 valence electrons. The average molecular weight is 181 g/mol. The van der Waals surface area contributed by atoms with Crippen molar-refractivity contribution < 1.29 is 9.59 Å². The summed E-state index contributed by atoms with van der Waals surface area (Å²) in [5.74, 6) is -0.311. The Kier molecular flexibility index (Phi) is 1.72. The van der Waals surface area contributed by atoms with Gasteiger partial charge in [0.25, 0.3) is 5.91 Å². The Morgan fingerprint density at radius 1 is 1.31 bits per heavy atom. The molecule has 3 amide bonds. The molecular weight excluding hydrogens is 170 g/mol. The first-order valence-corrected chi connectivity index (χ1v) is 4.25. The number of nitrogens with one attached hydrogen (secondary N) is 2. The first kappa shape index (κ1) is 8.10. The number of carbonyl (C=O) groups excluding carboxylic acids is 2. The Morgan fingerprint density at radius 2 is 2.08 bits per heavy atom. The summed E-state index contributed by atoms with van der Waals surface area (Å²) < 4.78 is 0. The van der Waals surface area contributed by atoms with Crippen LogP contribution in [0.25, 0.3) is 0 Å². The summed E-state index contributed by atoms with van der Waals surface area (Å²) in [7, 11) is 1.92. The summed E-state index contributed by atoms with van der Waals surface area (Å²) in [6, 6.07) is -0.423. The number of carbonyl (C=O) groups is 2. The van der Waals surface area contributed by atoms with Gasteiger partial charge in [0.1, 0.15) is 5.70 Å². The standard InChI is InChI=1S/C8H11N3O2/c1-11-4-2-3-5(11)6-7(12)10-8(13)9-6/h2-4H2,1H3,(H2,9,10,12,13)/b6-5-. The normalized spacial score (nSPS) is 27.9. The molecule has 0 spiro atoms. The Bertz CT molecular complexity index is 309. The molecule has 0 aliphatic carbocycles. The number of hydrogen-bond acceptors (Lipinski definition) is 3. The van der Waals surface area contributed by atoms with E-state index in [0.717, 1.165) is 25.1 Å². The molecule has 0 aromatic carbocycles. The molecule has 0 atom stereocenters. The third kappa shape index (κ3) is 1.26. The van der Waals surface area contributed by atoms with Crippen molar-refractivity contribution in [2.24, 2.45) is 0 Å². The summed E-state index contributed by atoms with van der Waals surface area (Å²) in [5, 5.41) is 4.71.